The van der Waals surface area contributed by atoms with Crippen molar-refractivity contribution >= 4 is 15.9 Å². The number of hydrogen-bond donors (Lipinski definition) is 3. The van der Waals surface area contributed by atoms with Gasteiger partial charge in [-0.2, -0.15) is 0 Å². The Morgan fingerprint density at radius 2 is 2.08 bits per heavy atom. The Balaban J connectivity index is 1.60. The molecule has 4 unspecified atom stereocenters. The fourth-order valence-electron chi connectivity index (χ4n) is 4.22. The molecule has 144 valence electrons. The number of carbonyl (C=O) groups excluding carboxylic acids is 1. The van der Waals surface area contributed by atoms with Crippen LogP contribution in [0.3, 0.4) is 0 Å². The van der Waals surface area contributed by atoms with Crippen molar-refractivity contribution in [2.45, 2.75) is 36.7 Å². The third-order valence-electron chi connectivity index (χ3n) is 5.56. The molecule has 0 radical (unpaired) electrons. The van der Waals surface area contributed by atoms with E-state index in [4.69, 9.17) is 10.5 Å². The minimum absolute atomic E-state index is 0.0174. The maximum Gasteiger partial charge on any atom is 0.240 e. The van der Waals surface area contributed by atoms with Crippen LogP contribution in [0.1, 0.15) is 24.8 Å². The van der Waals surface area contributed by atoms with Gasteiger partial charge in [0.15, 0.2) is 0 Å². The summed E-state index contributed by atoms with van der Waals surface area (Å²) in [6.45, 7) is 0.807. The Morgan fingerprint density at radius 1 is 1.31 bits per heavy atom. The molecule has 1 aromatic rings. The van der Waals surface area contributed by atoms with E-state index < -0.39 is 10.0 Å². The van der Waals surface area contributed by atoms with E-state index in [9.17, 15) is 13.2 Å². The molecule has 2 bridgehead atoms. The zero-order valence-corrected chi connectivity index (χ0v) is 15.8. The molecule has 1 amide bonds. The van der Waals surface area contributed by atoms with Crippen LogP contribution in [-0.4, -0.2) is 40.6 Å². The van der Waals surface area contributed by atoms with Gasteiger partial charge in [0.25, 0.3) is 0 Å². The van der Waals surface area contributed by atoms with E-state index in [2.05, 4.69) is 10.0 Å². The van der Waals surface area contributed by atoms with Gasteiger partial charge < -0.3 is 15.8 Å². The van der Waals surface area contributed by atoms with Gasteiger partial charge >= 0.3 is 0 Å². The fraction of sp³-hybridized carbons (Fsp3) is 0.611. The number of nitrogens with two attached hydrogens (primary N) is 1. The second kappa shape index (κ2) is 8.04. The van der Waals surface area contributed by atoms with Crippen molar-refractivity contribution in [3.05, 3.63) is 29.8 Å². The maximum atomic E-state index is 12.5. The highest BCUT2D eigenvalue weighted by Crippen LogP contribution is 2.47. The highest BCUT2D eigenvalue weighted by Gasteiger charge is 2.48. The number of ether oxygens (including phenoxy) is 1. The third-order valence-corrected chi connectivity index (χ3v) is 7.02. The Hall–Kier alpha value is -1.48. The number of carbonyl (C=O) groups is 1. The lowest BCUT2D eigenvalue weighted by Crippen LogP contribution is -2.45. The number of amides is 1. The Bertz CT molecular complexity index is 751. The molecule has 3 rings (SSSR count). The van der Waals surface area contributed by atoms with Crippen molar-refractivity contribution in [3.63, 3.8) is 0 Å². The average Bonchev–Trinajstić information content (AvgIpc) is 3.21. The average molecular weight is 381 g/mol. The number of methoxy groups -OCH3 is 1. The van der Waals surface area contributed by atoms with Crippen LogP contribution in [0.2, 0.25) is 0 Å². The van der Waals surface area contributed by atoms with E-state index in [-0.39, 0.29) is 29.3 Å². The van der Waals surface area contributed by atoms with Gasteiger partial charge in [-0.15, -0.1) is 0 Å². The van der Waals surface area contributed by atoms with Crippen molar-refractivity contribution < 1.29 is 17.9 Å². The van der Waals surface area contributed by atoms with Crippen molar-refractivity contribution in [2.75, 3.05) is 20.3 Å². The number of nitrogens with one attached hydrogen (secondary N) is 2. The number of hydrogen-bond acceptors (Lipinski definition) is 5. The van der Waals surface area contributed by atoms with Crippen LogP contribution < -0.4 is 15.8 Å². The van der Waals surface area contributed by atoms with Crippen LogP contribution in [0, 0.1) is 17.8 Å². The zero-order valence-electron chi connectivity index (χ0n) is 15.0. The summed E-state index contributed by atoms with van der Waals surface area (Å²) in [5, 5.41) is 2.93. The summed E-state index contributed by atoms with van der Waals surface area (Å²) < 4.78 is 31.9. The number of fused-ring (bicyclic) bond motifs is 2. The van der Waals surface area contributed by atoms with Crippen LogP contribution in [0.4, 0.5) is 0 Å². The first kappa shape index (κ1) is 19.3. The molecule has 8 heteroatoms. The third kappa shape index (κ3) is 4.09. The molecular weight excluding hydrogens is 354 g/mol. The molecule has 0 saturated heterocycles. The zero-order chi connectivity index (χ0) is 18.7. The van der Waals surface area contributed by atoms with Gasteiger partial charge in [-0.05, 0) is 48.8 Å². The standard InChI is InChI=1S/C18H27N3O4S/c1-25-8-7-21-26(23,24)15-4-2-3-12(9-15)11-20-18(22)16-13-5-6-14(10-13)17(16)19/h2-4,9,13-14,16-17,21H,5-8,10-11,19H2,1H3,(H,20,22). The van der Waals surface area contributed by atoms with Gasteiger partial charge in [0.05, 0.1) is 17.4 Å². The smallest absolute Gasteiger partial charge is 0.240 e. The van der Waals surface area contributed by atoms with E-state index in [1.165, 1.54) is 13.2 Å². The lowest BCUT2D eigenvalue weighted by molar-refractivity contribution is -0.127. The van der Waals surface area contributed by atoms with Gasteiger partial charge in [0, 0.05) is 26.2 Å². The predicted molar refractivity (Wildman–Crippen MR) is 97.6 cm³/mol. The summed E-state index contributed by atoms with van der Waals surface area (Å²) in [5.74, 6) is 0.738. The summed E-state index contributed by atoms with van der Waals surface area (Å²) in [6, 6.07) is 6.54. The fourth-order valence-corrected chi connectivity index (χ4v) is 5.30. The molecule has 0 spiro atoms. The van der Waals surface area contributed by atoms with Gasteiger partial charge in [-0.25, -0.2) is 13.1 Å². The largest absolute Gasteiger partial charge is 0.383 e. The molecule has 26 heavy (non-hydrogen) atoms. The normalized spacial score (nSPS) is 27.6. The number of sulfonamides is 1. The summed E-state index contributed by atoms with van der Waals surface area (Å²) in [6.07, 6.45) is 3.27. The highest BCUT2D eigenvalue weighted by atomic mass is 32.2. The summed E-state index contributed by atoms with van der Waals surface area (Å²) in [4.78, 5) is 12.7. The summed E-state index contributed by atoms with van der Waals surface area (Å²) in [5.41, 5.74) is 6.96. The molecule has 0 aromatic heterocycles. The SMILES string of the molecule is COCCNS(=O)(=O)c1cccc(CNC(=O)C2C3CCC(C3)C2N)c1. The molecule has 2 aliphatic carbocycles. The first-order chi connectivity index (χ1) is 12.4. The van der Waals surface area contributed by atoms with Gasteiger partial charge in [0.1, 0.15) is 0 Å². The summed E-state index contributed by atoms with van der Waals surface area (Å²) >= 11 is 0. The number of rotatable bonds is 8. The van der Waals surface area contributed by atoms with Crippen LogP contribution >= 0.6 is 0 Å². The molecule has 0 aliphatic heterocycles. The molecular formula is C18H27N3O4S. The maximum absolute atomic E-state index is 12.5. The monoisotopic (exact) mass is 381 g/mol. The Labute approximate surface area is 154 Å². The molecule has 1 aromatic carbocycles. The van der Waals surface area contributed by atoms with Gasteiger partial charge in [-0.1, -0.05) is 12.1 Å². The number of benzene rings is 1. The second-order valence-corrected chi connectivity index (χ2v) is 8.96. The van der Waals surface area contributed by atoms with E-state index >= 15 is 0 Å². The molecule has 2 saturated carbocycles. The minimum atomic E-state index is -3.59. The van der Waals surface area contributed by atoms with E-state index in [1.54, 1.807) is 18.2 Å². The summed E-state index contributed by atoms with van der Waals surface area (Å²) in [7, 11) is -2.07. The van der Waals surface area contributed by atoms with Gasteiger partial charge in [-0.3, -0.25) is 4.79 Å². The van der Waals surface area contributed by atoms with Crippen molar-refractivity contribution in [3.8, 4) is 0 Å². The van der Waals surface area contributed by atoms with E-state index in [0.717, 1.165) is 24.8 Å². The molecule has 2 aliphatic rings. The van der Waals surface area contributed by atoms with Crippen molar-refractivity contribution in [2.24, 2.45) is 23.5 Å². The Kier molecular flexibility index (Phi) is 5.96. The van der Waals surface area contributed by atoms with Crippen LogP contribution in [-0.2, 0) is 26.1 Å². The Morgan fingerprint density at radius 3 is 2.77 bits per heavy atom. The molecule has 4 atom stereocenters. The van der Waals surface area contributed by atoms with E-state index in [0.29, 0.717) is 25.0 Å². The minimum Gasteiger partial charge on any atom is -0.383 e. The quantitative estimate of drug-likeness (QED) is 0.571. The van der Waals surface area contributed by atoms with Crippen LogP contribution in [0.5, 0.6) is 0 Å². The molecule has 2 fully saturated rings. The molecule has 0 heterocycles. The first-order valence-corrected chi connectivity index (χ1v) is 10.5. The molecule has 4 N–H and O–H groups in total. The highest BCUT2D eigenvalue weighted by molar-refractivity contribution is 7.89. The van der Waals surface area contributed by atoms with Crippen LogP contribution in [0.25, 0.3) is 0 Å². The van der Waals surface area contributed by atoms with E-state index in [1.807, 2.05) is 0 Å². The first-order valence-electron chi connectivity index (χ1n) is 9.03. The van der Waals surface area contributed by atoms with Crippen LogP contribution in [0.15, 0.2) is 29.2 Å². The topological polar surface area (TPSA) is 111 Å². The predicted octanol–water partition coefficient (Wildman–Crippen LogP) is 0.601. The lowest BCUT2D eigenvalue weighted by atomic mass is 9.84. The second-order valence-electron chi connectivity index (χ2n) is 7.19. The lowest BCUT2D eigenvalue weighted by Gasteiger charge is -2.27. The van der Waals surface area contributed by atoms with Crippen molar-refractivity contribution in [1.29, 1.82) is 0 Å². The van der Waals surface area contributed by atoms with Gasteiger partial charge in [0.2, 0.25) is 15.9 Å². The van der Waals surface area contributed by atoms with Crippen molar-refractivity contribution in [1.82, 2.24) is 10.0 Å². The molecule has 7 nitrogen and oxygen atoms in total.